The topological polar surface area (TPSA) is 279 Å². The highest BCUT2D eigenvalue weighted by Crippen LogP contribution is 2.08. The largest absolute Gasteiger partial charge is 0.480 e. The number of carbonyl (C=O) groups is 4. The van der Waals surface area contributed by atoms with Gasteiger partial charge >= 0.3 is 5.97 Å². The van der Waals surface area contributed by atoms with E-state index in [-0.39, 0.29) is 44.1 Å². The van der Waals surface area contributed by atoms with Gasteiger partial charge in [0, 0.05) is 19.5 Å². The van der Waals surface area contributed by atoms with Crippen molar-refractivity contribution >= 4 is 47.4 Å². The highest BCUT2D eigenvalue weighted by atomic mass is 32.2. The van der Waals surface area contributed by atoms with Crippen molar-refractivity contribution in [2.24, 2.45) is 38.7 Å². The number of carboxylic acids is 1. The number of benzene rings is 1. The Morgan fingerprint density at radius 2 is 1.31 bits per heavy atom. The van der Waals surface area contributed by atoms with Gasteiger partial charge in [0.15, 0.2) is 11.9 Å². The minimum Gasteiger partial charge on any atom is -0.480 e. The van der Waals surface area contributed by atoms with Gasteiger partial charge in [0.2, 0.25) is 17.7 Å². The summed E-state index contributed by atoms with van der Waals surface area (Å²) in [6, 6.07) is 4.80. The second kappa shape index (κ2) is 19.9. The van der Waals surface area contributed by atoms with Gasteiger partial charge in [-0.3, -0.25) is 24.4 Å². The summed E-state index contributed by atoms with van der Waals surface area (Å²) in [5.41, 5.74) is 28.0. The Morgan fingerprint density at radius 1 is 0.786 bits per heavy atom. The molecule has 0 aliphatic rings. The summed E-state index contributed by atoms with van der Waals surface area (Å²) in [6.07, 6.45) is 3.33. The van der Waals surface area contributed by atoms with Crippen LogP contribution in [0, 0.1) is 0 Å². The van der Waals surface area contributed by atoms with Gasteiger partial charge in [-0.15, -0.1) is 0 Å². The number of thioether (sulfide) groups is 1. The van der Waals surface area contributed by atoms with E-state index in [0.29, 0.717) is 25.1 Å². The third kappa shape index (κ3) is 15.1. The SMILES string of the molecule is CSCCC(NC(=O)C(Cc1ccccc1)NC(=O)C(N)CCCN=C(N)N)C(=O)NC(CCCN=C(N)N)C(=O)O. The molecule has 0 spiro atoms. The van der Waals surface area contributed by atoms with E-state index in [1.165, 1.54) is 11.8 Å². The smallest absolute Gasteiger partial charge is 0.326 e. The summed E-state index contributed by atoms with van der Waals surface area (Å²) in [6.45, 7) is 0.501. The molecule has 0 fully saturated rings. The molecule has 1 rings (SSSR count). The Hall–Kier alpha value is -4.05. The lowest BCUT2D eigenvalue weighted by molar-refractivity contribution is -0.142. The van der Waals surface area contributed by atoms with Gasteiger partial charge in [-0.1, -0.05) is 30.3 Å². The maximum Gasteiger partial charge on any atom is 0.326 e. The number of nitrogens with two attached hydrogens (primary N) is 5. The second-order valence-electron chi connectivity index (χ2n) is 9.50. The summed E-state index contributed by atoms with van der Waals surface area (Å²) in [4.78, 5) is 58.9. The van der Waals surface area contributed by atoms with Crippen LogP contribution in [0.1, 0.15) is 37.7 Å². The summed E-state index contributed by atoms with van der Waals surface area (Å²) >= 11 is 1.46. The molecule has 14 N–H and O–H groups in total. The number of rotatable bonds is 20. The van der Waals surface area contributed by atoms with Crippen LogP contribution in [0.5, 0.6) is 0 Å². The predicted octanol–water partition coefficient (Wildman–Crippen LogP) is -2.04. The number of aliphatic carboxylic acids is 1. The Bertz CT molecular complexity index is 1060. The lowest BCUT2D eigenvalue weighted by atomic mass is 10.0. The van der Waals surface area contributed by atoms with E-state index in [4.69, 9.17) is 28.7 Å². The first kappa shape index (κ1) is 36.0. The number of nitrogens with zero attached hydrogens (tertiary/aromatic N) is 2. The molecular formula is C26H44N10O5S. The van der Waals surface area contributed by atoms with E-state index in [0.717, 1.165) is 5.56 Å². The van der Waals surface area contributed by atoms with Crippen molar-refractivity contribution in [3.8, 4) is 0 Å². The third-order valence-corrected chi connectivity index (χ3v) is 6.67. The molecule has 4 unspecified atom stereocenters. The fourth-order valence-corrected chi connectivity index (χ4v) is 4.27. The summed E-state index contributed by atoms with van der Waals surface area (Å²) < 4.78 is 0. The molecule has 0 heterocycles. The van der Waals surface area contributed by atoms with Gasteiger partial charge in [0.1, 0.15) is 18.1 Å². The quantitative estimate of drug-likeness (QED) is 0.0441. The van der Waals surface area contributed by atoms with Crippen molar-refractivity contribution in [1.29, 1.82) is 0 Å². The van der Waals surface area contributed by atoms with Crippen LogP contribution in [0.2, 0.25) is 0 Å². The van der Waals surface area contributed by atoms with Crippen molar-refractivity contribution in [2.75, 3.05) is 25.1 Å². The molecule has 0 aromatic heterocycles. The number of amides is 3. The standard InChI is InChI=1S/C26H44N10O5S/c1-42-14-11-18(22(38)35-19(24(40)41)10-6-13-33-26(30)31)34-23(39)20(15-16-7-3-2-4-8-16)36-21(37)17(27)9-5-12-32-25(28)29/h2-4,7-8,17-20H,5-6,9-15,27H2,1H3,(H,34,39)(H,35,38)(H,36,37)(H,40,41)(H4,28,29,32)(H4,30,31,33). The molecular weight excluding hydrogens is 564 g/mol. The van der Waals surface area contributed by atoms with Crippen LogP contribution in [0.4, 0.5) is 0 Å². The van der Waals surface area contributed by atoms with E-state index in [9.17, 15) is 24.3 Å². The molecule has 3 amide bonds. The molecule has 0 aliphatic heterocycles. The Kier molecular flexibility index (Phi) is 17.1. The number of hydrogen-bond donors (Lipinski definition) is 9. The van der Waals surface area contributed by atoms with Crippen LogP contribution in [-0.2, 0) is 25.6 Å². The zero-order chi connectivity index (χ0) is 31.5. The fraction of sp³-hybridized carbons (Fsp3) is 0.538. The highest BCUT2D eigenvalue weighted by Gasteiger charge is 2.30. The van der Waals surface area contributed by atoms with Gasteiger partial charge in [-0.2, -0.15) is 11.8 Å². The van der Waals surface area contributed by atoms with Crippen LogP contribution < -0.4 is 44.6 Å². The van der Waals surface area contributed by atoms with E-state index in [2.05, 4.69) is 25.9 Å². The Labute approximate surface area is 249 Å². The first-order valence-corrected chi connectivity index (χ1v) is 14.9. The van der Waals surface area contributed by atoms with Crippen LogP contribution in [0.15, 0.2) is 40.3 Å². The van der Waals surface area contributed by atoms with Gasteiger partial charge < -0.3 is 49.7 Å². The van der Waals surface area contributed by atoms with Crippen molar-refractivity contribution < 1.29 is 24.3 Å². The lowest BCUT2D eigenvalue weighted by Gasteiger charge is -2.25. The summed E-state index contributed by atoms with van der Waals surface area (Å²) in [5.74, 6) is -2.72. The molecule has 0 saturated heterocycles. The monoisotopic (exact) mass is 608 g/mol. The zero-order valence-corrected chi connectivity index (χ0v) is 24.6. The van der Waals surface area contributed by atoms with Crippen molar-refractivity contribution in [2.45, 2.75) is 62.7 Å². The average molecular weight is 609 g/mol. The minimum atomic E-state index is -1.23. The lowest BCUT2D eigenvalue weighted by Crippen LogP contribution is -2.57. The van der Waals surface area contributed by atoms with E-state index >= 15 is 0 Å². The molecule has 15 nitrogen and oxygen atoms in total. The third-order valence-electron chi connectivity index (χ3n) is 6.02. The van der Waals surface area contributed by atoms with E-state index in [1.807, 2.05) is 12.3 Å². The van der Waals surface area contributed by atoms with Crippen LogP contribution >= 0.6 is 11.8 Å². The van der Waals surface area contributed by atoms with E-state index < -0.39 is 47.9 Å². The normalized spacial score (nSPS) is 13.5. The van der Waals surface area contributed by atoms with Gasteiger partial charge in [0.05, 0.1) is 6.04 Å². The second-order valence-corrected chi connectivity index (χ2v) is 10.5. The molecule has 4 atom stereocenters. The molecule has 1 aromatic rings. The van der Waals surface area contributed by atoms with Crippen molar-refractivity contribution in [3.05, 3.63) is 35.9 Å². The Morgan fingerprint density at radius 3 is 1.86 bits per heavy atom. The van der Waals surface area contributed by atoms with E-state index in [1.54, 1.807) is 24.3 Å². The summed E-state index contributed by atoms with van der Waals surface area (Å²) in [5, 5.41) is 17.5. The fourth-order valence-electron chi connectivity index (χ4n) is 3.80. The molecule has 42 heavy (non-hydrogen) atoms. The maximum atomic E-state index is 13.5. The first-order valence-electron chi connectivity index (χ1n) is 13.5. The van der Waals surface area contributed by atoms with Crippen molar-refractivity contribution in [1.82, 2.24) is 16.0 Å². The number of carboxylic acid groups (broad SMARTS) is 1. The summed E-state index contributed by atoms with van der Waals surface area (Å²) in [7, 11) is 0. The number of carbonyl (C=O) groups excluding carboxylic acids is 3. The molecule has 1 aromatic carbocycles. The average Bonchev–Trinajstić information content (AvgIpc) is 2.94. The first-order chi connectivity index (χ1) is 19.9. The maximum absolute atomic E-state index is 13.5. The van der Waals surface area contributed by atoms with Crippen molar-refractivity contribution in [3.63, 3.8) is 0 Å². The molecule has 234 valence electrons. The van der Waals surface area contributed by atoms with Gasteiger partial charge in [-0.25, -0.2) is 4.79 Å². The van der Waals surface area contributed by atoms with Crippen LogP contribution in [0.25, 0.3) is 0 Å². The predicted molar refractivity (Wildman–Crippen MR) is 164 cm³/mol. The number of hydrogen-bond acceptors (Lipinski definition) is 8. The molecule has 0 saturated carbocycles. The molecule has 0 radical (unpaired) electrons. The number of guanidine groups is 2. The minimum absolute atomic E-state index is 0.0618. The highest BCUT2D eigenvalue weighted by molar-refractivity contribution is 7.98. The number of aliphatic imine (C=N–C) groups is 2. The van der Waals surface area contributed by atoms with Crippen LogP contribution in [0.3, 0.4) is 0 Å². The Balaban J connectivity index is 3.01. The zero-order valence-electron chi connectivity index (χ0n) is 23.8. The number of nitrogens with one attached hydrogen (secondary N) is 3. The molecule has 0 bridgehead atoms. The van der Waals surface area contributed by atoms with Gasteiger partial charge in [0.25, 0.3) is 0 Å². The van der Waals surface area contributed by atoms with Gasteiger partial charge in [-0.05, 0) is 49.7 Å². The van der Waals surface area contributed by atoms with Crippen LogP contribution in [-0.4, -0.2) is 90.0 Å². The molecule has 0 aliphatic carbocycles. The molecule has 16 heteroatoms.